The number of carboxylic acid groups (broad SMARTS) is 1. The number of benzene rings is 2. The van der Waals surface area contributed by atoms with Crippen molar-refractivity contribution in [2.75, 3.05) is 0 Å². The average Bonchev–Trinajstić information content (AvgIpc) is 2.40. The predicted molar refractivity (Wildman–Crippen MR) is 71.8 cm³/mol. The van der Waals surface area contributed by atoms with Gasteiger partial charge in [-0.1, -0.05) is 15.9 Å². The molecule has 0 atom stereocenters. The van der Waals surface area contributed by atoms with Gasteiger partial charge in [0.15, 0.2) is 11.6 Å². The zero-order valence-corrected chi connectivity index (χ0v) is 11.7. The van der Waals surface area contributed by atoms with Crippen LogP contribution in [0.3, 0.4) is 0 Å². The molecule has 0 unspecified atom stereocenters. The van der Waals surface area contributed by atoms with Gasteiger partial charge in [-0.3, -0.25) is 0 Å². The number of ether oxygens (including phenoxy) is 1. The molecule has 0 fully saturated rings. The van der Waals surface area contributed by atoms with Gasteiger partial charge in [-0.05, 0) is 30.3 Å². The monoisotopic (exact) mass is 342 g/mol. The summed E-state index contributed by atoms with van der Waals surface area (Å²) in [6.07, 6.45) is 0. The van der Waals surface area contributed by atoms with Gasteiger partial charge in [-0.15, -0.1) is 0 Å². The molecule has 0 aliphatic rings. The van der Waals surface area contributed by atoms with Crippen molar-refractivity contribution in [1.82, 2.24) is 0 Å². The van der Waals surface area contributed by atoms with E-state index in [1.807, 2.05) is 0 Å². The fourth-order valence-corrected chi connectivity index (χ4v) is 2.03. The summed E-state index contributed by atoms with van der Waals surface area (Å²) in [6.45, 7) is -0.0633. The van der Waals surface area contributed by atoms with Crippen LogP contribution in [-0.2, 0) is 6.61 Å². The van der Waals surface area contributed by atoms with E-state index < -0.39 is 17.6 Å². The number of hydrogen-bond donors (Lipinski definition) is 1. The quantitative estimate of drug-likeness (QED) is 0.913. The molecule has 20 heavy (non-hydrogen) atoms. The van der Waals surface area contributed by atoms with E-state index in [0.717, 1.165) is 12.1 Å². The Balaban J connectivity index is 2.20. The van der Waals surface area contributed by atoms with Crippen molar-refractivity contribution in [3.63, 3.8) is 0 Å². The third-order valence-electron chi connectivity index (χ3n) is 2.58. The maximum Gasteiger partial charge on any atom is 0.336 e. The maximum absolute atomic E-state index is 13.0. The fourth-order valence-electron chi connectivity index (χ4n) is 1.62. The molecule has 0 saturated heterocycles. The zero-order chi connectivity index (χ0) is 14.7. The number of halogens is 3. The van der Waals surface area contributed by atoms with E-state index in [2.05, 4.69) is 15.9 Å². The summed E-state index contributed by atoms with van der Waals surface area (Å²) in [4.78, 5) is 11.1. The van der Waals surface area contributed by atoms with Crippen molar-refractivity contribution >= 4 is 21.9 Å². The van der Waals surface area contributed by atoms with Crippen molar-refractivity contribution in [3.8, 4) is 5.75 Å². The fraction of sp³-hybridized carbons (Fsp3) is 0.0714. The minimum atomic E-state index is -1.08. The second-order valence-electron chi connectivity index (χ2n) is 3.97. The average molecular weight is 343 g/mol. The van der Waals surface area contributed by atoms with Crippen LogP contribution in [0.2, 0.25) is 0 Å². The van der Waals surface area contributed by atoms with Crippen molar-refractivity contribution in [3.05, 3.63) is 63.6 Å². The van der Waals surface area contributed by atoms with Crippen LogP contribution in [-0.4, -0.2) is 11.1 Å². The molecule has 2 aromatic rings. The summed E-state index contributed by atoms with van der Waals surface area (Å²) in [5.74, 6) is -2.94. The van der Waals surface area contributed by atoms with E-state index in [1.54, 1.807) is 12.1 Å². The third kappa shape index (κ3) is 3.33. The van der Waals surface area contributed by atoms with Gasteiger partial charge >= 0.3 is 5.97 Å². The van der Waals surface area contributed by atoms with Gasteiger partial charge in [0.1, 0.15) is 12.4 Å². The van der Waals surface area contributed by atoms with Crippen molar-refractivity contribution in [2.45, 2.75) is 6.61 Å². The van der Waals surface area contributed by atoms with Crippen molar-refractivity contribution in [2.24, 2.45) is 0 Å². The van der Waals surface area contributed by atoms with Gasteiger partial charge in [-0.25, -0.2) is 13.6 Å². The van der Waals surface area contributed by atoms with Gasteiger partial charge in [0.2, 0.25) is 0 Å². The van der Waals surface area contributed by atoms with Gasteiger partial charge < -0.3 is 9.84 Å². The summed E-state index contributed by atoms with van der Waals surface area (Å²) in [5, 5.41) is 9.05. The molecule has 0 bridgehead atoms. The number of hydrogen-bond acceptors (Lipinski definition) is 2. The summed E-state index contributed by atoms with van der Waals surface area (Å²) >= 11 is 3.23. The van der Waals surface area contributed by atoms with Crippen LogP contribution in [0, 0.1) is 11.6 Å². The molecule has 2 rings (SSSR count). The van der Waals surface area contributed by atoms with E-state index in [-0.39, 0.29) is 17.9 Å². The zero-order valence-electron chi connectivity index (χ0n) is 10.1. The molecule has 0 aromatic heterocycles. The molecule has 1 N–H and O–H groups in total. The molecule has 0 amide bonds. The van der Waals surface area contributed by atoms with Crippen LogP contribution in [0.25, 0.3) is 0 Å². The topological polar surface area (TPSA) is 46.5 Å². The van der Waals surface area contributed by atoms with Gasteiger partial charge in [-0.2, -0.15) is 0 Å². The Morgan fingerprint density at radius 3 is 2.55 bits per heavy atom. The van der Waals surface area contributed by atoms with Gasteiger partial charge in [0, 0.05) is 16.1 Å². The van der Waals surface area contributed by atoms with Crippen LogP contribution >= 0.6 is 15.9 Å². The van der Waals surface area contributed by atoms with Crippen molar-refractivity contribution < 1.29 is 23.4 Å². The SMILES string of the molecule is O=C(O)c1ccc(Br)cc1COc1ccc(F)c(F)c1. The number of carboxylic acids is 1. The van der Waals surface area contributed by atoms with E-state index in [0.29, 0.717) is 10.0 Å². The molecule has 6 heteroatoms. The van der Waals surface area contributed by atoms with Crippen LogP contribution in [0.4, 0.5) is 8.78 Å². The maximum atomic E-state index is 13.0. The molecular weight excluding hydrogens is 334 g/mol. The van der Waals surface area contributed by atoms with Crippen LogP contribution in [0.5, 0.6) is 5.75 Å². The Hall–Kier alpha value is -1.95. The first-order chi connectivity index (χ1) is 9.47. The molecule has 3 nitrogen and oxygen atoms in total. The highest BCUT2D eigenvalue weighted by Gasteiger charge is 2.11. The second-order valence-corrected chi connectivity index (χ2v) is 4.89. The van der Waals surface area contributed by atoms with E-state index in [9.17, 15) is 13.6 Å². The Morgan fingerprint density at radius 2 is 1.90 bits per heavy atom. The van der Waals surface area contributed by atoms with Crippen LogP contribution in [0.15, 0.2) is 40.9 Å². The largest absolute Gasteiger partial charge is 0.489 e. The molecule has 0 aliphatic carbocycles. The molecule has 0 aliphatic heterocycles. The standard InChI is InChI=1S/C14H9BrF2O3/c15-9-1-3-11(14(18)19)8(5-9)7-20-10-2-4-12(16)13(17)6-10/h1-6H,7H2,(H,18,19). The Morgan fingerprint density at radius 1 is 1.15 bits per heavy atom. The molecule has 0 heterocycles. The lowest BCUT2D eigenvalue weighted by molar-refractivity contribution is 0.0694. The Bertz CT molecular complexity index is 659. The first-order valence-corrected chi connectivity index (χ1v) is 6.36. The van der Waals surface area contributed by atoms with Gasteiger partial charge in [0.05, 0.1) is 5.56 Å². The summed E-state index contributed by atoms with van der Waals surface area (Å²) in [6, 6.07) is 7.78. The third-order valence-corrected chi connectivity index (χ3v) is 3.08. The lowest BCUT2D eigenvalue weighted by Gasteiger charge is -2.09. The Kier molecular flexibility index (Phi) is 4.34. The van der Waals surface area contributed by atoms with E-state index in [4.69, 9.17) is 9.84 Å². The summed E-state index contributed by atoms with van der Waals surface area (Å²) in [5.41, 5.74) is 0.521. The lowest BCUT2D eigenvalue weighted by atomic mass is 10.1. The second kappa shape index (κ2) is 6.00. The highest BCUT2D eigenvalue weighted by atomic mass is 79.9. The van der Waals surface area contributed by atoms with Crippen LogP contribution < -0.4 is 4.74 Å². The minimum Gasteiger partial charge on any atom is -0.489 e. The lowest BCUT2D eigenvalue weighted by Crippen LogP contribution is -2.05. The predicted octanol–water partition coefficient (Wildman–Crippen LogP) is 4.00. The number of aromatic carboxylic acids is 1. The number of rotatable bonds is 4. The molecule has 0 radical (unpaired) electrons. The minimum absolute atomic E-state index is 0.0633. The van der Waals surface area contributed by atoms with E-state index in [1.165, 1.54) is 12.1 Å². The van der Waals surface area contributed by atoms with Crippen molar-refractivity contribution in [1.29, 1.82) is 0 Å². The molecule has 0 spiro atoms. The highest BCUT2D eigenvalue weighted by molar-refractivity contribution is 9.10. The molecular formula is C14H9BrF2O3. The highest BCUT2D eigenvalue weighted by Crippen LogP contribution is 2.21. The first-order valence-electron chi connectivity index (χ1n) is 5.57. The smallest absolute Gasteiger partial charge is 0.336 e. The molecule has 104 valence electrons. The molecule has 2 aromatic carbocycles. The van der Waals surface area contributed by atoms with E-state index >= 15 is 0 Å². The number of carbonyl (C=O) groups is 1. The summed E-state index contributed by atoms with van der Waals surface area (Å²) < 4.78 is 31.8. The first kappa shape index (κ1) is 14.5. The molecule has 0 saturated carbocycles. The van der Waals surface area contributed by atoms with Crippen LogP contribution in [0.1, 0.15) is 15.9 Å². The summed E-state index contributed by atoms with van der Waals surface area (Å²) in [7, 11) is 0. The van der Waals surface area contributed by atoms with Gasteiger partial charge in [0.25, 0.3) is 0 Å². The Labute approximate surface area is 121 Å². The normalized spacial score (nSPS) is 10.3.